The van der Waals surface area contributed by atoms with Gasteiger partial charge in [0.05, 0.1) is 9.95 Å². The molecule has 0 aliphatic heterocycles. The van der Waals surface area contributed by atoms with E-state index in [9.17, 15) is 10.1 Å². The highest BCUT2D eigenvalue weighted by Crippen LogP contribution is 2.37. The van der Waals surface area contributed by atoms with Gasteiger partial charge in [0.25, 0.3) is 0 Å². The van der Waals surface area contributed by atoms with Gasteiger partial charge in [0.15, 0.2) is 0 Å². The molecule has 19 heavy (non-hydrogen) atoms. The number of nitro groups is 1. The summed E-state index contributed by atoms with van der Waals surface area (Å²) in [7, 11) is 0. The van der Waals surface area contributed by atoms with E-state index in [1.165, 1.54) is 12.1 Å². The van der Waals surface area contributed by atoms with Crippen LogP contribution in [0.2, 0.25) is 15.2 Å². The van der Waals surface area contributed by atoms with E-state index in [4.69, 9.17) is 39.5 Å². The predicted molar refractivity (Wildman–Crippen MR) is 70.2 cm³/mol. The van der Waals surface area contributed by atoms with Gasteiger partial charge >= 0.3 is 11.6 Å². The van der Waals surface area contributed by atoms with E-state index in [1.54, 1.807) is 6.07 Å². The second-order valence-corrected chi connectivity index (χ2v) is 4.45. The van der Waals surface area contributed by atoms with Gasteiger partial charge in [-0.15, -0.1) is 0 Å². The van der Waals surface area contributed by atoms with Crippen LogP contribution in [0.25, 0.3) is 0 Å². The Morgan fingerprint density at radius 3 is 2.63 bits per heavy atom. The Bertz CT molecular complexity index is 651. The van der Waals surface area contributed by atoms with Crippen LogP contribution >= 0.6 is 34.8 Å². The van der Waals surface area contributed by atoms with Crippen molar-refractivity contribution in [1.82, 2.24) is 9.97 Å². The summed E-state index contributed by atoms with van der Waals surface area (Å²) in [6, 6.07) is 4.45. The van der Waals surface area contributed by atoms with Crippen molar-refractivity contribution in [3.05, 3.63) is 49.8 Å². The number of hydrogen-bond donors (Lipinski definition) is 0. The van der Waals surface area contributed by atoms with Crippen LogP contribution in [0.4, 0.5) is 5.69 Å². The van der Waals surface area contributed by atoms with Crippen LogP contribution in [0.5, 0.6) is 11.6 Å². The van der Waals surface area contributed by atoms with Crippen LogP contribution in [0, 0.1) is 10.1 Å². The minimum absolute atomic E-state index is 0.132. The van der Waals surface area contributed by atoms with Gasteiger partial charge in [0.1, 0.15) is 12.1 Å². The predicted octanol–water partition coefficient (Wildman–Crippen LogP) is 4.14. The number of benzene rings is 1. The first kappa shape index (κ1) is 13.8. The highest BCUT2D eigenvalue weighted by molar-refractivity contribution is 6.34. The van der Waals surface area contributed by atoms with E-state index >= 15 is 0 Å². The summed E-state index contributed by atoms with van der Waals surface area (Å²) >= 11 is 17.3. The second kappa shape index (κ2) is 5.56. The third kappa shape index (κ3) is 3.04. The fourth-order valence-corrected chi connectivity index (χ4v) is 1.74. The number of ether oxygens (including phenoxy) is 1. The van der Waals surface area contributed by atoms with Gasteiger partial charge in [-0.2, -0.15) is 4.98 Å². The number of aromatic nitrogens is 2. The largest absolute Gasteiger partial charge is 0.432 e. The maximum atomic E-state index is 10.9. The summed E-state index contributed by atoms with van der Waals surface area (Å²) in [5.74, 6) is -0.179. The van der Waals surface area contributed by atoms with Crippen LogP contribution < -0.4 is 4.74 Å². The molecule has 0 spiro atoms. The lowest BCUT2D eigenvalue weighted by Crippen LogP contribution is -1.98. The average molecular weight is 321 g/mol. The van der Waals surface area contributed by atoms with E-state index in [2.05, 4.69) is 9.97 Å². The van der Waals surface area contributed by atoms with Crippen molar-refractivity contribution in [3.8, 4) is 11.6 Å². The van der Waals surface area contributed by atoms with Crippen molar-refractivity contribution < 1.29 is 9.66 Å². The van der Waals surface area contributed by atoms with Crippen molar-refractivity contribution in [2.24, 2.45) is 0 Å². The second-order valence-electron chi connectivity index (χ2n) is 3.25. The lowest BCUT2D eigenvalue weighted by atomic mass is 10.3. The molecule has 1 aromatic carbocycles. The van der Waals surface area contributed by atoms with Gasteiger partial charge < -0.3 is 4.74 Å². The summed E-state index contributed by atoms with van der Waals surface area (Å²) in [6.07, 6.45) is 1.04. The molecule has 6 nitrogen and oxygen atoms in total. The third-order valence-corrected chi connectivity index (χ3v) is 2.85. The highest BCUT2D eigenvalue weighted by atomic mass is 35.5. The molecule has 2 rings (SSSR count). The maximum Gasteiger partial charge on any atom is 0.368 e. The molecule has 0 saturated carbocycles. The van der Waals surface area contributed by atoms with Gasteiger partial charge in [0.2, 0.25) is 5.15 Å². The standard InChI is InChI=1S/C10H4Cl3N3O3/c11-5-1-2-6(12)7(3-5)19-10-8(16(17)18)9(13)14-4-15-10/h1-4H. The molecule has 0 radical (unpaired) electrons. The molecule has 0 atom stereocenters. The van der Waals surface area contributed by atoms with E-state index in [0.717, 1.165) is 6.33 Å². The number of rotatable bonds is 3. The van der Waals surface area contributed by atoms with Crippen LogP contribution in [0.1, 0.15) is 0 Å². The first-order valence-corrected chi connectivity index (χ1v) is 5.90. The van der Waals surface area contributed by atoms with Crippen LogP contribution in [0.3, 0.4) is 0 Å². The van der Waals surface area contributed by atoms with Gasteiger partial charge in [-0.25, -0.2) is 4.98 Å². The Balaban J connectivity index is 2.46. The normalized spacial score (nSPS) is 10.3. The van der Waals surface area contributed by atoms with Crippen molar-refractivity contribution in [1.29, 1.82) is 0 Å². The third-order valence-electron chi connectivity index (χ3n) is 2.03. The molecule has 1 heterocycles. The lowest BCUT2D eigenvalue weighted by Gasteiger charge is -2.07. The molecule has 0 aliphatic carbocycles. The zero-order valence-corrected chi connectivity index (χ0v) is 11.3. The van der Waals surface area contributed by atoms with E-state index in [0.29, 0.717) is 5.02 Å². The summed E-state index contributed by atoms with van der Waals surface area (Å²) in [4.78, 5) is 17.3. The quantitative estimate of drug-likeness (QED) is 0.482. The molecule has 0 bridgehead atoms. The molecule has 0 amide bonds. The molecule has 0 fully saturated rings. The van der Waals surface area contributed by atoms with E-state index < -0.39 is 10.6 Å². The van der Waals surface area contributed by atoms with Crippen LogP contribution in [-0.4, -0.2) is 14.9 Å². The first-order valence-electron chi connectivity index (χ1n) is 4.77. The lowest BCUT2D eigenvalue weighted by molar-refractivity contribution is -0.386. The molecule has 0 N–H and O–H groups in total. The summed E-state index contributed by atoms with van der Waals surface area (Å²) in [6.45, 7) is 0. The minimum atomic E-state index is -0.740. The Morgan fingerprint density at radius 2 is 1.95 bits per heavy atom. The Hall–Kier alpha value is -1.63. The zero-order valence-electron chi connectivity index (χ0n) is 9.01. The molecular formula is C10H4Cl3N3O3. The Kier molecular flexibility index (Phi) is 4.04. The first-order chi connectivity index (χ1) is 8.99. The van der Waals surface area contributed by atoms with Gasteiger partial charge in [-0.3, -0.25) is 10.1 Å². The van der Waals surface area contributed by atoms with Gasteiger partial charge in [-0.1, -0.05) is 34.8 Å². The van der Waals surface area contributed by atoms with E-state index in [-0.39, 0.29) is 21.8 Å². The minimum Gasteiger partial charge on any atom is -0.432 e. The average Bonchev–Trinajstić information content (AvgIpc) is 2.33. The Morgan fingerprint density at radius 1 is 1.21 bits per heavy atom. The molecule has 0 aliphatic rings. The summed E-state index contributed by atoms with van der Waals surface area (Å²) in [5, 5.41) is 11.2. The zero-order chi connectivity index (χ0) is 14.0. The highest BCUT2D eigenvalue weighted by Gasteiger charge is 2.24. The summed E-state index contributed by atoms with van der Waals surface area (Å²) < 4.78 is 5.27. The van der Waals surface area contributed by atoms with Crippen molar-refractivity contribution in [2.45, 2.75) is 0 Å². The molecule has 2 aromatic rings. The monoisotopic (exact) mass is 319 g/mol. The molecule has 0 saturated heterocycles. The van der Waals surface area contributed by atoms with Crippen molar-refractivity contribution >= 4 is 40.5 Å². The smallest absolute Gasteiger partial charge is 0.368 e. The fraction of sp³-hybridized carbons (Fsp3) is 0. The van der Waals surface area contributed by atoms with Crippen molar-refractivity contribution in [2.75, 3.05) is 0 Å². The number of halogens is 3. The van der Waals surface area contributed by atoms with E-state index in [1.807, 2.05) is 0 Å². The SMILES string of the molecule is O=[N+]([O-])c1c(Cl)ncnc1Oc1cc(Cl)ccc1Cl. The number of nitrogens with zero attached hydrogens (tertiary/aromatic N) is 3. The van der Waals surface area contributed by atoms with Gasteiger partial charge in [0, 0.05) is 11.1 Å². The van der Waals surface area contributed by atoms with Crippen molar-refractivity contribution in [3.63, 3.8) is 0 Å². The van der Waals surface area contributed by atoms with Crippen LogP contribution in [0.15, 0.2) is 24.5 Å². The number of hydrogen-bond acceptors (Lipinski definition) is 5. The molecule has 9 heteroatoms. The molecular weight excluding hydrogens is 316 g/mol. The summed E-state index contributed by atoms with van der Waals surface area (Å²) in [5.41, 5.74) is -0.541. The molecule has 98 valence electrons. The molecule has 1 aromatic heterocycles. The molecule has 0 unspecified atom stereocenters. The van der Waals surface area contributed by atoms with Gasteiger partial charge in [-0.05, 0) is 12.1 Å². The fourth-order valence-electron chi connectivity index (χ4n) is 1.23. The Labute approximate surface area is 122 Å². The van der Waals surface area contributed by atoms with Crippen LogP contribution in [-0.2, 0) is 0 Å². The topological polar surface area (TPSA) is 78.2 Å². The maximum absolute atomic E-state index is 10.9.